The van der Waals surface area contributed by atoms with Gasteiger partial charge in [0.1, 0.15) is 0 Å². The number of methoxy groups -OCH3 is 1. The average molecular weight is 231 g/mol. The van der Waals surface area contributed by atoms with Gasteiger partial charge in [-0.25, -0.2) is 0 Å². The molecular formula is C10H15BrO. The van der Waals surface area contributed by atoms with E-state index in [2.05, 4.69) is 28.1 Å². The maximum Gasteiger partial charge on any atom is 0.0644 e. The molecule has 3 aliphatic carbocycles. The third kappa shape index (κ3) is 1.47. The fourth-order valence-corrected chi connectivity index (χ4v) is 3.13. The molecule has 3 rings (SSSR count). The lowest BCUT2D eigenvalue weighted by Gasteiger charge is -2.21. The zero-order valence-electron chi connectivity index (χ0n) is 7.37. The SMILES string of the molecule is CO[C@H]1C[C@@H](Br)[C@@H]2C=C[C@H]1CC2. The molecule has 0 heterocycles. The van der Waals surface area contributed by atoms with Crippen molar-refractivity contribution in [3.05, 3.63) is 12.2 Å². The van der Waals surface area contributed by atoms with Crippen LogP contribution in [0, 0.1) is 11.8 Å². The van der Waals surface area contributed by atoms with Crippen LogP contribution in [0.25, 0.3) is 0 Å². The lowest BCUT2D eigenvalue weighted by molar-refractivity contribution is 0.0653. The molecule has 3 aliphatic rings. The Morgan fingerprint density at radius 1 is 1.25 bits per heavy atom. The summed E-state index contributed by atoms with van der Waals surface area (Å²) in [6.07, 6.45) is 8.96. The van der Waals surface area contributed by atoms with Gasteiger partial charge in [-0.3, -0.25) is 0 Å². The Morgan fingerprint density at radius 2 is 1.92 bits per heavy atom. The first-order chi connectivity index (χ1) is 5.81. The van der Waals surface area contributed by atoms with Crippen molar-refractivity contribution in [3.8, 4) is 0 Å². The van der Waals surface area contributed by atoms with Gasteiger partial charge in [0.05, 0.1) is 6.10 Å². The summed E-state index contributed by atoms with van der Waals surface area (Å²) in [4.78, 5) is 0.631. The molecule has 0 radical (unpaired) electrons. The Balaban J connectivity index is 2.17. The van der Waals surface area contributed by atoms with Crippen LogP contribution in [0.3, 0.4) is 0 Å². The molecule has 1 fully saturated rings. The summed E-state index contributed by atoms with van der Waals surface area (Å²) in [5.41, 5.74) is 0. The summed E-state index contributed by atoms with van der Waals surface area (Å²) in [5.74, 6) is 1.43. The second kappa shape index (κ2) is 3.51. The van der Waals surface area contributed by atoms with Gasteiger partial charge in [-0.2, -0.15) is 0 Å². The molecule has 2 heteroatoms. The maximum atomic E-state index is 5.49. The zero-order valence-corrected chi connectivity index (χ0v) is 8.96. The molecule has 0 N–H and O–H groups in total. The molecule has 2 bridgehead atoms. The maximum absolute atomic E-state index is 5.49. The van der Waals surface area contributed by atoms with Crippen LogP contribution in [0.2, 0.25) is 0 Å². The normalized spacial score (nSPS) is 46.2. The highest BCUT2D eigenvalue weighted by Crippen LogP contribution is 2.38. The fourth-order valence-electron chi connectivity index (χ4n) is 2.32. The molecule has 68 valence electrons. The molecule has 12 heavy (non-hydrogen) atoms. The molecular weight excluding hydrogens is 216 g/mol. The molecule has 4 atom stereocenters. The highest BCUT2D eigenvalue weighted by Gasteiger charge is 2.33. The van der Waals surface area contributed by atoms with Crippen LogP contribution < -0.4 is 0 Å². The average Bonchev–Trinajstić information content (AvgIpc) is 2.36. The Kier molecular flexibility index (Phi) is 2.56. The minimum atomic E-state index is 0.443. The second-order valence-electron chi connectivity index (χ2n) is 3.82. The molecule has 0 amide bonds. The number of rotatable bonds is 1. The lowest BCUT2D eigenvalue weighted by Crippen LogP contribution is -2.21. The number of halogens is 1. The number of alkyl halides is 1. The zero-order chi connectivity index (χ0) is 8.55. The first-order valence-electron chi connectivity index (χ1n) is 4.66. The smallest absolute Gasteiger partial charge is 0.0644 e. The third-order valence-electron chi connectivity index (χ3n) is 3.14. The summed E-state index contributed by atoms with van der Waals surface area (Å²) in [6, 6.07) is 0. The van der Waals surface area contributed by atoms with Crippen LogP contribution in [0.4, 0.5) is 0 Å². The van der Waals surface area contributed by atoms with E-state index in [1.165, 1.54) is 19.3 Å². The van der Waals surface area contributed by atoms with Crippen molar-refractivity contribution in [1.82, 2.24) is 0 Å². The summed E-state index contributed by atoms with van der Waals surface area (Å²) < 4.78 is 5.49. The Morgan fingerprint density at radius 3 is 2.50 bits per heavy atom. The topological polar surface area (TPSA) is 9.23 Å². The summed E-state index contributed by atoms with van der Waals surface area (Å²) in [7, 11) is 1.83. The highest BCUT2D eigenvalue weighted by atomic mass is 79.9. The van der Waals surface area contributed by atoms with Crippen molar-refractivity contribution in [3.63, 3.8) is 0 Å². The Bertz CT molecular complexity index is 190. The minimum absolute atomic E-state index is 0.443. The molecule has 0 spiro atoms. The van der Waals surface area contributed by atoms with Gasteiger partial charge >= 0.3 is 0 Å². The Hall–Kier alpha value is 0.180. The van der Waals surface area contributed by atoms with Crippen molar-refractivity contribution in [2.45, 2.75) is 30.2 Å². The third-order valence-corrected chi connectivity index (χ3v) is 4.19. The van der Waals surface area contributed by atoms with Gasteiger partial charge in [0, 0.05) is 17.9 Å². The molecule has 0 aromatic heterocycles. The molecule has 0 aromatic rings. The van der Waals surface area contributed by atoms with Gasteiger partial charge in [-0.1, -0.05) is 28.1 Å². The van der Waals surface area contributed by atoms with Crippen LogP contribution in [0.5, 0.6) is 0 Å². The number of ether oxygens (including phenoxy) is 1. The Labute approximate surface area is 82.3 Å². The van der Waals surface area contributed by atoms with Crippen LogP contribution in [0.15, 0.2) is 12.2 Å². The fraction of sp³-hybridized carbons (Fsp3) is 0.800. The van der Waals surface area contributed by atoms with Gasteiger partial charge in [0.25, 0.3) is 0 Å². The molecule has 1 saturated carbocycles. The van der Waals surface area contributed by atoms with Crippen LogP contribution >= 0.6 is 15.9 Å². The number of hydrogen-bond acceptors (Lipinski definition) is 1. The quantitative estimate of drug-likeness (QED) is 0.498. The van der Waals surface area contributed by atoms with Gasteiger partial charge in [0.15, 0.2) is 0 Å². The number of allylic oxidation sites excluding steroid dienone is 1. The van der Waals surface area contributed by atoms with Gasteiger partial charge in [-0.15, -0.1) is 0 Å². The largest absolute Gasteiger partial charge is 0.381 e. The van der Waals surface area contributed by atoms with E-state index < -0.39 is 0 Å². The predicted octanol–water partition coefficient (Wildman–Crippen LogP) is 2.75. The van der Waals surface area contributed by atoms with Crippen molar-refractivity contribution >= 4 is 15.9 Å². The molecule has 0 aliphatic heterocycles. The van der Waals surface area contributed by atoms with Crippen molar-refractivity contribution in [2.24, 2.45) is 11.8 Å². The van der Waals surface area contributed by atoms with Crippen LogP contribution in [-0.4, -0.2) is 18.0 Å². The molecule has 0 saturated heterocycles. The van der Waals surface area contributed by atoms with Crippen molar-refractivity contribution < 1.29 is 4.74 Å². The summed E-state index contributed by atoms with van der Waals surface area (Å²) in [6.45, 7) is 0. The van der Waals surface area contributed by atoms with Gasteiger partial charge in [-0.05, 0) is 25.2 Å². The van der Waals surface area contributed by atoms with Crippen LogP contribution in [-0.2, 0) is 4.74 Å². The first kappa shape index (κ1) is 8.76. The van der Waals surface area contributed by atoms with E-state index in [9.17, 15) is 0 Å². The number of hydrogen-bond donors (Lipinski definition) is 0. The van der Waals surface area contributed by atoms with E-state index >= 15 is 0 Å². The van der Waals surface area contributed by atoms with E-state index in [1.807, 2.05) is 7.11 Å². The summed E-state index contributed by atoms with van der Waals surface area (Å²) >= 11 is 3.74. The van der Waals surface area contributed by atoms with Gasteiger partial charge < -0.3 is 4.74 Å². The minimum Gasteiger partial charge on any atom is -0.381 e. The molecule has 1 nitrogen and oxygen atoms in total. The van der Waals surface area contributed by atoms with Crippen molar-refractivity contribution in [1.29, 1.82) is 0 Å². The van der Waals surface area contributed by atoms with E-state index in [4.69, 9.17) is 4.74 Å². The van der Waals surface area contributed by atoms with E-state index in [1.54, 1.807) is 0 Å². The second-order valence-corrected chi connectivity index (χ2v) is 4.99. The van der Waals surface area contributed by atoms with E-state index in [0.717, 1.165) is 5.92 Å². The monoisotopic (exact) mass is 230 g/mol. The highest BCUT2D eigenvalue weighted by molar-refractivity contribution is 9.09. The van der Waals surface area contributed by atoms with E-state index in [0.29, 0.717) is 16.8 Å². The predicted molar refractivity (Wildman–Crippen MR) is 53.5 cm³/mol. The molecule has 0 aromatic carbocycles. The summed E-state index contributed by atoms with van der Waals surface area (Å²) in [5, 5.41) is 0. The molecule has 0 unspecified atom stereocenters. The lowest BCUT2D eigenvalue weighted by atomic mass is 9.90. The van der Waals surface area contributed by atoms with Crippen LogP contribution in [0.1, 0.15) is 19.3 Å². The first-order valence-corrected chi connectivity index (χ1v) is 5.58. The number of fused-ring (bicyclic) bond motifs is 3. The standard InChI is InChI=1S/C10H15BrO/c1-12-10-6-9(11)7-2-4-8(10)5-3-7/h2,4,7-10H,3,5-6H2,1H3/t7-,8+,9-,10+/m1/s1. The van der Waals surface area contributed by atoms with Crippen molar-refractivity contribution in [2.75, 3.05) is 7.11 Å². The van der Waals surface area contributed by atoms with E-state index in [-0.39, 0.29) is 0 Å². The van der Waals surface area contributed by atoms with Gasteiger partial charge in [0.2, 0.25) is 0 Å².